The Morgan fingerprint density at radius 2 is 1.63 bits per heavy atom. The molecule has 0 spiro atoms. The number of benzene rings is 1. The normalized spacial score (nSPS) is 25.7. The minimum Gasteiger partial charge on any atom is -0.508 e. The van der Waals surface area contributed by atoms with Crippen LogP contribution in [0.15, 0.2) is 30.8 Å². The smallest absolute Gasteiger partial charge is 0.338 e. The van der Waals surface area contributed by atoms with E-state index in [1.54, 1.807) is 12.1 Å². The molecule has 1 heterocycles. The predicted molar refractivity (Wildman–Crippen MR) is 101 cm³/mol. The topological polar surface area (TPSA) is 127 Å². The lowest BCUT2D eigenvalue weighted by Gasteiger charge is -2.43. The summed E-state index contributed by atoms with van der Waals surface area (Å²) in [7, 11) is 2.43. The third kappa shape index (κ3) is 5.49. The zero-order valence-corrected chi connectivity index (χ0v) is 17.0. The monoisotopic (exact) mass is 424 g/mol. The average molecular weight is 424 g/mol. The molecule has 10 nitrogen and oxygen atoms in total. The summed E-state index contributed by atoms with van der Waals surface area (Å²) in [6.45, 7) is 6.09. The predicted octanol–water partition coefficient (Wildman–Crippen LogP) is 1.16. The molecule has 0 aromatic heterocycles. The van der Waals surface area contributed by atoms with Gasteiger partial charge in [0.15, 0.2) is 12.2 Å². The number of hydrogen-bond acceptors (Lipinski definition) is 10. The summed E-state index contributed by atoms with van der Waals surface area (Å²) in [5, 5.41) is 9.66. The fourth-order valence-corrected chi connectivity index (χ4v) is 3.00. The van der Waals surface area contributed by atoms with Gasteiger partial charge in [-0.2, -0.15) is 0 Å². The molecule has 0 amide bonds. The van der Waals surface area contributed by atoms with Crippen LogP contribution in [-0.2, 0) is 42.8 Å². The van der Waals surface area contributed by atoms with Crippen LogP contribution < -0.4 is 0 Å². The standard InChI is InChI=1S/C20H24O10/c1-10(13-7-6-8-14(23)9-13)27-20-18(29-12(3)22)16(28-11(2)21)15(25-4)17(30-20)19(24)26-5/h6-9,15-18,20,23H,1H2,2-5H3/t15-,16-,17-,18+,20+/m0/s1. The molecule has 164 valence electrons. The van der Waals surface area contributed by atoms with E-state index in [0.29, 0.717) is 5.56 Å². The van der Waals surface area contributed by atoms with Gasteiger partial charge in [0.05, 0.1) is 7.11 Å². The summed E-state index contributed by atoms with van der Waals surface area (Å²) < 4.78 is 32.0. The largest absolute Gasteiger partial charge is 0.508 e. The zero-order valence-electron chi connectivity index (χ0n) is 17.0. The van der Waals surface area contributed by atoms with Crippen molar-refractivity contribution in [1.82, 2.24) is 0 Å². The molecule has 0 bridgehead atoms. The Labute approximate surface area is 173 Å². The van der Waals surface area contributed by atoms with Gasteiger partial charge in [0.1, 0.15) is 17.6 Å². The van der Waals surface area contributed by atoms with Gasteiger partial charge in [-0.3, -0.25) is 9.59 Å². The summed E-state index contributed by atoms with van der Waals surface area (Å²) >= 11 is 0. The molecule has 0 unspecified atom stereocenters. The number of aromatic hydroxyl groups is 1. The molecule has 30 heavy (non-hydrogen) atoms. The van der Waals surface area contributed by atoms with Crippen LogP contribution in [0.5, 0.6) is 5.75 Å². The fraction of sp³-hybridized carbons (Fsp3) is 0.450. The Kier molecular flexibility index (Phi) is 7.79. The van der Waals surface area contributed by atoms with Crippen molar-refractivity contribution >= 4 is 23.7 Å². The van der Waals surface area contributed by atoms with E-state index >= 15 is 0 Å². The second-order valence-corrected chi connectivity index (χ2v) is 6.39. The fourth-order valence-electron chi connectivity index (χ4n) is 3.00. The SMILES string of the molecule is C=C(O[C@@H]1O[C@H](C(=O)OC)[C@@H](OC)[C@H](OC(C)=O)[C@H]1OC(C)=O)c1cccc(O)c1. The molecule has 1 aromatic rings. The van der Waals surface area contributed by atoms with E-state index in [1.165, 1.54) is 19.2 Å². The molecular weight excluding hydrogens is 400 g/mol. The third-order valence-electron chi connectivity index (χ3n) is 4.23. The van der Waals surface area contributed by atoms with Gasteiger partial charge in [-0.25, -0.2) is 4.79 Å². The quantitative estimate of drug-likeness (QED) is 0.387. The highest BCUT2D eigenvalue weighted by atomic mass is 16.7. The van der Waals surface area contributed by atoms with Crippen molar-refractivity contribution in [3.63, 3.8) is 0 Å². The summed E-state index contributed by atoms with van der Waals surface area (Å²) in [4.78, 5) is 35.6. The molecule has 1 fully saturated rings. The minimum atomic E-state index is -1.40. The maximum Gasteiger partial charge on any atom is 0.338 e. The highest BCUT2D eigenvalue weighted by molar-refractivity contribution is 5.76. The molecular formula is C20H24O10. The lowest BCUT2D eigenvalue weighted by Crippen LogP contribution is -2.63. The van der Waals surface area contributed by atoms with Gasteiger partial charge in [-0.15, -0.1) is 0 Å². The number of ether oxygens (including phenoxy) is 6. The Bertz CT molecular complexity index is 805. The van der Waals surface area contributed by atoms with Crippen LogP contribution in [0, 0.1) is 0 Å². The molecule has 1 aliphatic heterocycles. The number of esters is 3. The molecule has 0 radical (unpaired) electrons. The van der Waals surface area contributed by atoms with Crippen molar-refractivity contribution in [3.05, 3.63) is 36.4 Å². The molecule has 2 rings (SSSR count). The number of phenolic OH excluding ortho intramolecular Hbond substituents is 1. The lowest BCUT2D eigenvalue weighted by atomic mass is 9.97. The molecule has 1 N–H and O–H groups in total. The van der Waals surface area contributed by atoms with E-state index in [0.717, 1.165) is 21.0 Å². The maximum atomic E-state index is 12.3. The summed E-state index contributed by atoms with van der Waals surface area (Å²) in [5.41, 5.74) is 0.410. The van der Waals surface area contributed by atoms with Gasteiger partial charge < -0.3 is 33.5 Å². The highest BCUT2D eigenvalue weighted by Crippen LogP contribution is 2.32. The van der Waals surface area contributed by atoms with E-state index < -0.39 is 48.6 Å². The summed E-state index contributed by atoms with van der Waals surface area (Å²) in [6.07, 6.45) is -6.41. The van der Waals surface area contributed by atoms with Gasteiger partial charge in [0.25, 0.3) is 0 Å². The van der Waals surface area contributed by atoms with Crippen molar-refractivity contribution in [1.29, 1.82) is 0 Å². The van der Waals surface area contributed by atoms with Crippen LogP contribution >= 0.6 is 0 Å². The van der Waals surface area contributed by atoms with E-state index in [2.05, 4.69) is 6.58 Å². The van der Waals surface area contributed by atoms with E-state index in [4.69, 9.17) is 28.4 Å². The number of carbonyl (C=O) groups excluding carboxylic acids is 3. The van der Waals surface area contributed by atoms with Gasteiger partial charge >= 0.3 is 17.9 Å². The van der Waals surface area contributed by atoms with E-state index in [1.807, 2.05) is 0 Å². The van der Waals surface area contributed by atoms with Crippen molar-refractivity contribution in [3.8, 4) is 5.75 Å². The maximum absolute atomic E-state index is 12.3. The van der Waals surface area contributed by atoms with E-state index in [9.17, 15) is 19.5 Å². The molecule has 1 aliphatic rings. The van der Waals surface area contributed by atoms with Crippen LogP contribution in [-0.4, -0.2) is 67.9 Å². The first-order chi connectivity index (χ1) is 14.2. The van der Waals surface area contributed by atoms with Gasteiger partial charge in [0, 0.05) is 26.5 Å². The first-order valence-corrected chi connectivity index (χ1v) is 8.93. The first-order valence-electron chi connectivity index (χ1n) is 8.93. The molecule has 1 saturated heterocycles. The van der Waals surface area contributed by atoms with Crippen molar-refractivity contribution in [2.24, 2.45) is 0 Å². The third-order valence-corrected chi connectivity index (χ3v) is 4.23. The van der Waals surface area contributed by atoms with Crippen LogP contribution in [0.4, 0.5) is 0 Å². The van der Waals surface area contributed by atoms with Gasteiger partial charge in [-0.05, 0) is 12.1 Å². The van der Waals surface area contributed by atoms with E-state index in [-0.39, 0.29) is 11.5 Å². The van der Waals surface area contributed by atoms with Crippen LogP contribution in [0.25, 0.3) is 5.76 Å². The molecule has 0 aliphatic carbocycles. The summed E-state index contributed by atoms with van der Waals surface area (Å²) in [5.74, 6) is -2.19. The van der Waals surface area contributed by atoms with Crippen molar-refractivity contribution in [2.45, 2.75) is 44.6 Å². The van der Waals surface area contributed by atoms with Gasteiger partial charge in [-0.1, -0.05) is 18.7 Å². The minimum absolute atomic E-state index is 0.0250. The zero-order chi connectivity index (χ0) is 22.4. The molecule has 1 aromatic carbocycles. The lowest BCUT2D eigenvalue weighted by molar-refractivity contribution is -0.288. The van der Waals surface area contributed by atoms with Crippen molar-refractivity contribution in [2.75, 3.05) is 14.2 Å². The number of rotatable bonds is 7. The molecule has 10 heteroatoms. The number of phenols is 1. The number of methoxy groups -OCH3 is 2. The van der Waals surface area contributed by atoms with Crippen molar-refractivity contribution < 1.29 is 47.9 Å². The van der Waals surface area contributed by atoms with Crippen LogP contribution in [0.3, 0.4) is 0 Å². The Morgan fingerprint density at radius 3 is 2.17 bits per heavy atom. The first kappa shape index (κ1) is 23.2. The Hall–Kier alpha value is -3.11. The average Bonchev–Trinajstić information content (AvgIpc) is 2.68. The second kappa shape index (κ2) is 10.1. The highest BCUT2D eigenvalue weighted by Gasteiger charge is 2.54. The molecule has 5 atom stereocenters. The number of carbonyl (C=O) groups is 3. The second-order valence-electron chi connectivity index (χ2n) is 6.39. The van der Waals surface area contributed by atoms with Crippen LogP contribution in [0.2, 0.25) is 0 Å². The van der Waals surface area contributed by atoms with Crippen LogP contribution in [0.1, 0.15) is 19.4 Å². The Morgan fingerprint density at radius 1 is 1.00 bits per heavy atom. The molecule has 0 saturated carbocycles. The van der Waals surface area contributed by atoms with Gasteiger partial charge in [0.2, 0.25) is 12.4 Å². The summed E-state index contributed by atoms with van der Waals surface area (Å²) in [6, 6.07) is 6.05. The Balaban J connectivity index is 2.41. The number of hydrogen-bond donors (Lipinski definition) is 1.